The van der Waals surface area contributed by atoms with Crippen molar-refractivity contribution in [3.8, 4) is 0 Å². The first-order valence-electron chi connectivity index (χ1n) is 3.53. The number of hydrogen-bond acceptors (Lipinski definition) is 3. The number of H-pyrrole nitrogens is 1. The van der Waals surface area contributed by atoms with E-state index in [2.05, 4.69) is 15.0 Å². The Morgan fingerprint density at radius 2 is 2.33 bits per heavy atom. The molecule has 1 rings (SSSR count). The molecule has 6 nitrogen and oxygen atoms in total. The molecule has 1 heterocycles. The third-order valence-corrected chi connectivity index (χ3v) is 1.32. The topological polar surface area (TPSA) is 119 Å². The summed E-state index contributed by atoms with van der Waals surface area (Å²) in [6.45, 7) is 0.546. The number of rotatable bonds is 3. The van der Waals surface area contributed by atoms with E-state index in [-0.39, 0.29) is 5.96 Å². The van der Waals surface area contributed by atoms with E-state index in [0.717, 1.165) is 5.69 Å². The average Bonchev–Trinajstić information content (AvgIpc) is 2.35. The SMILES string of the molecule is NC(N)=NCCc1cnc(N)[nH]1. The Hall–Kier alpha value is -1.72. The fourth-order valence-electron chi connectivity index (χ4n) is 0.809. The Labute approximate surface area is 69.9 Å². The first kappa shape index (κ1) is 8.38. The van der Waals surface area contributed by atoms with Crippen LogP contribution in [0.5, 0.6) is 0 Å². The van der Waals surface area contributed by atoms with Crippen LogP contribution >= 0.6 is 0 Å². The fraction of sp³-hybridized carbons (Fsp3) is 0.333. The van der Waals surface area contributed by atoms with E-state index in [9.17, 15) is 0 Å². The first-order valence-corrected chi connectivity index (χ1v) is 3.53. The van der Waals surface area contributed by atoms with E-state index in [0.29, 0.717) is 18.9 Å². The van der Waals surface area contributed by atoms with Crippen molar-refractivity contribution in [1.82, 2.24) is 9.97 Å². The summed E-state index contributed by atoms with van der Waals surface area (Å²) in [5.74, 6) is 0.511. The smallest absolute Gasteiger partial charge is 0.197 e. The van der Waals surface area contributed by atoms with Crippen molar-refractivity contribution in [2.75, 3.05) is 12.3 Å². The molecule has 0 aliphatic rings. The molecule has 0 unspecified atom stereocenters. The zero-order valence-electron chi connectivity index (χ0n) is 6.62. The van der Waals surface area contributed by atoms with Gasteiger partial charge in [-0.1, -0.05) is 0 Å². The molecule has 0 bridgehead atoms. The van der Waals surface area contributed by atoms with Crippen molar-refractivity contribution in [2.45, 2.75) is 6.42 Å². The number of anilines is 1. The minimum atomic E-state index is 0.0995. The van der Waals surface area contributed by atoms with E-state index >= 15 is 0 Å². The van der Waals surface area contributed by atoms with Gasteiger partial charge in [0.1, 0.15) is 0 Å². The van der Waals surface area contributed by atoms with Gasteiger partial charge in [0.15, 0.2) is 11.9 Å². The van der Waals surface area contributed by atoms with Crippen LogP contribution in [0.2, 0.25) is 0 Å². The minimum Gasteiger partial charge on any atom is -0.370 e. The van der Waals surface area contributed by atoms with E-state index in [1.165, 1.54) is 0 Å². The molecule has 0 spiro atoms. The van der Waals surface area contributed by atoms with Gasteiger partial charge in [0.25, 0.3) is 0 Å². The molecular weight excluding hydrogens is 156 g/mol. The van der Waals surface area contributed by atoms with Crippen LogP contribution in [0, 0.1) is 0 Å². The summed E-state index contributed by atoms with van der Waals surface area (Å²) in [6, 6.07) is 0. The van der Waals surface area contributed by atoms with Crippen molar-refractivity contribution >= 4 is 11.9 Å². The second-order valence-electron chi connectivity index (χ2n) is 2.35. The molecule has 1 aromatic heterocycles. The van der Waals surface area contributed by atoms with Crippen LogP contribution in [-0.2, 0) is 6.42 Å². The second-order valence-corrected chi connectivity index (χ2v) is 2.35. The van der Waals surface area contributed by atoms with Gasteiger partial charge in [-0.25, -0.2) is 4.98 Å². The van der Waals surface area contributed by atoms with Gasteiger partial charge in [0, 0.05) is 18.7 Å². The Kier molecular flexibility index (Phi) is 2.52. The number of hydrogen-bond donors (Lipinski definition) is 4. The average molecular weight is 168 g/mol. The number of imidazole rings is 1. The highest BCUT2D eigenvalue weighted by atomic mass is 15.0. The molecular formula is C6H12N6. The summed E-state index contributed by atoms with van der Waals surface area (Å²) in [4.78, 5) is 10.5. The maximum Gasteiger partial charge on any atom is 0.197 e. The van der Waals surface area contributed by atoms with Gasteiger partial charge >= 0.3 is 0 Å². The number of aromatic amines is 1. The third-order valence-electron chi connectivity index (χ3n) is 1.32. The maximum atomic E-state index is 5.36. The van der Waals surface area contributed by atoms with Crippen molar-refractivity contribution in [3.63, 3.8) is 0 Å². The van der Waals surface area contributed by atoms with Crippen LogP contribution < -0.4 is 17.2 Å². The summed E-state index contributed by atoms with van der Waals surface area (Å²) in [7, 11) is 0. The van der Waals surface area contributed by atoms with Crippen LogP contribution in [0.25, 0.3) is 0 Å². The van der Waals surface area contributed by atoms with Crippen LogP contribution in [-0.4, -0.2) is 22.5 Å². The van der Waals surface area contributed by atoms with Crippen molar-refractivity contribution in [3.05, 3.63) is 11.9 Å². The lowest BCUT2D eigenvalue weighted by atomic mass is 10.3. The van der Waals surface area contributed by atoms with Gasteiger partial charge in [0.05, 0.1) is 6.20 Å². The highest BCUT2D eigenvalue weighted by molar-refractivity contribution is 5.75. The van der Waals surface area contributed by atoms with Gasteiger partial charge in [0.2, 0.25) is 0 Å². The van der Waals surface area contributed by atoms with E-state index in [4.69, 9.17) is 17.2 Å². The number of nitrogens with one attached hydrogen (secondary N) is 1. The molecule has 6 heteroatoms. The van der Waals surface area contributed by atoms with Gasteiger partial charge in [-0.2, -0.15) is 0 Å². The van der Waals surface area contributed by atoms with Crippen LogP contribution in [0.15, 0.2) is 11.2 Å². The van der Waals surface area contributed by atoms with Gasteiger partial charge in [-0.15, -0.1) is 0 Å². The Bertz CT molecular complexity index is 271. The van der Waals surface area contributed by atoms with E-state index in [1.54, 1.807) is 6.20 Å². The molecule has 0 amide bonds. The molecule has 1 aromatic rings. The summed E-state index contributed by atoms with van der Waals surface area (Å²) < 4.78 is 0. The molecule has 0 fully saturated rings. The molecule has 0 aromatic carbocycles. The summed E-state index contributed by atoms with van der Waals surface area (Å²) >= 11 is 0. The van der Waals surface area contributed by atoms with Crippen LogP contribution in [0.1, 0.15) is 5.69 Å². The highest BCUT2D eigenvalue weighted by Crippen LogP contribution is 1.98. The lowest BCUT2D eigenvalue weighted by Crippen LogP contribution is -2.23. The van der Waals surface area contributed by atoms with Crippen LogP contribution in [0.3, 0.4) is 0 Å². The van der Waals surface area contributed by atoms with E-state index < -0.39 is 0 Å². The largest absolute Gasteiger partial charge is 0.370 e. The Morgan fingerprint density at radius 3 is 2.83 bits per heavy atom. The predicted molar refractivity (Wildman–Crippen MR) is 47.4 cm³/mol. The number of nitrogen functional groups attached to an aromatic ring is 1. The van der Waals surface area contributed by atoms with Gasteiger partial charge in [-0.05, 0) is 0 Å². The first-order chi connectivity index (χ1) is 5.68. The zero-order chi connectivity index (χ0) is 8.97. The summed E-state index contributed by atoms with van der Waals surface area (Å²) in [6.07, 6.45) is 2.37. The number of guanidine groups is 1. The Balaban J connectivity index is 2.38. The predicted octanol–water partition coefficient (Wildman–Crippen LogP) is -1.19. The molecule has 0 saturated heterocycles. The van der Waals surface area contributed by atoms with Crippen molar-refractivity contribution in [1.29, 1.82) is 0 Å². The van der Waals surface area contributed by atoms with Gasteiger partial charge < -0.3 is 22.2 Å². The molecule has 0 aliphatic carbocycles. The quantitative estimate of drug-likeness (QED) is 0.335. The monoisotopic (exact) mass is 168 g/mol. The molecule has 66 valence electrons. The molecule has 12 heavy (non-hydrogen) atoms. The lowest BCUT2D eigenvalue weighted by Gasteiger charge is -1.92. The molecule has 0 atom stereocenters. The molecule has 0 radical (unpaired) electrons. The highest BCUT2D eigenvalue weighted by Gasteiger charge is 1.95. The molecule has 7 N–H and O–H groups in total. The number of aromatic nitrogens is 2. The van der Waals surface area contributed by atoms with Gasteiger partial charge in [-0.3, -0.25) is 4.99 Å². The standard InChI is InChI=1S/C6H12N6/c7-5(8)10-2-1-4-3-11-6(9)12-4/h3H,1-2H2,(H4,7,8,10)(H3,9,11,12). The third kappa shape index (κ3) is 2.49. The normalized spacial score (nSPS) is 9.67. The number of nitrogens with two attached hydrogens (primary N) is 3. The van der Waals surface area contributed by atoms with Crippen molar-refractivity contribution in [2.24, 2.45) is 16.5 Å². The molecule has 0 aliphatic heterocycles. The lowest BCUT2D eigenvalue weighted by molar-refractivity contribution is 0.932. The Morgan fingerprint density at radius 1 is 1.58 bits per heavy atom. The number of aliphatic imine (C=N–C) groups is 1. The number of nitrogens with zero attached hydrogens (tertiary/aromatic N) is 2. The minimum absolute atomic E-state index is 0.0995. The zero-order valence-corrected chi connectivity index (χ0v) is 6.62. The fourth-order valence-corrected chi connectivity index (χ4v) is 0.809. The maximum absolute atomic E-state index is 5.36. The van der Waals surface area contributed by atoms with Crippen LogP contribution in [0.4, 0.5) is 5.95 Å². The second kappa shape index (κ2) is 3.61. The summed E-state index contributed by atoms with van der Waals surface area (Å²) in [5, 5.41) is 0. The summed E-state index contributed by atoms with van der Waals surface area (Å²) in [5.41, 5.74) is 16.6. The molecule has 0 saturated carbocycles. The van der Waals surface area contributed by atoms with E-state index in [1.807, 2.05) is 0 Å². The van der Waals surface area contributed by atoms with Crippen molar-refractivity contribution < 1.29 is 0 Å².